The van der Waals surface area contributed by atoms with Gasteiger partial charge in [-0.15, -0.1) is 0 Å². The Kier molecular flexibility index (Phi) is 4.57. The van der Waals surface area contributed by atoms with Gasteiger partial charge in [0.15, 0.2) is 0 Å². The number of rotatable bonds is 2. The van der Waals surface area contributed by atoms with E-state index >= 15 is 0 Å². The number of hydrogen-bond donors (Lipinski definition) is 0. The predicted molar refractivity (Wildman–Crippen MR) is 36.0 cm³/mol. The zero-order valence-electron chi connectivity index (χ0n) is 5.41. The minimum atomic E-state index is -0.875. The van der Waals surface area contributed by atoms with E-state index < -0.39 is 29.4 Å². The predicted octanol–water partition coefficient (Wildman–Crippen LogP) is 1.51. The van der Waals surface area contributed by atoms with Crippen LogP contribution in [0.1, 0.15) is 0 Å². The Labute approximate surface area is 55.3 Å². The third kappa shape index (κ3) is 7.05. The van der Waals surface area contributed by atoms with Gasteiger partial charge >= 0.3 is 55.2 Å². The third-order valence-corrected chi connectivity index (χ3v) is 11.0. The molecule has 0 aliphatic rings. The van der Waals surface area contributed by atoms with Crippen molar-refractivity contribution in [1.82, 2.24) is 0 Å². The summed E-state index contributed by atoms with van der Waals surface area (Å²) >= 11 is -1.75. The fourth-order valence-corrected chi connectivity index (χ4v) is 11.0. The van der Waals surface area contributed by atoms with Crippen LogP contribution in [-0.4, -0.2) is 29.4 Å². The van der Waals surface area contributed by atoms with Gasteiger partial charge in [-0.25, -0.2) is 0 Å². The van der Waals surface area contributed by atoms with Gasteiger partial charge in [0, 0.05) is 0 Å². The average Bonchev–Trinajstić information content (AvgIpc) is 1.27. The van der Waals surface area contributed by atoms with Gasteiger partial charge in [-0.05, 0) is 0 Å². The summed E-state index contributed by atoms with van der Waals surface area (Å²) in [5.41, 5.74) is 0. The van der Waals surface area contributed by atoms with Crippen molar-refractivity contribution in [3.8, 4) is 0 Å². The minimum absolute atomic E-state index is 0.875. The molecule has 0 saturated heterocycles. The van der Waals surface area contributed by atoms with E-state index in [1.807, 2.05) is 0 Å². The van der Waals surface area contributed by atoms with E-state index in [-0.39, 0.29) is 0 Å². The first-order valence-electron chi connectivity index (χ1n) is 2.41. The van der Waals surface area contributed by atoms with Crippen LogP contribution in [0.3, 0.4) is 0 Å². The second-order valence-corrected chi connectivity index (χ2v) is 12.2. The van der Waals surface area contributed by atoms with Crippen LogP contribution in [0.2, 0.25) is 23.0 Å². The van der Waals surface area contributed by atoms with Gasteiger partial charge in [0.05, 0.1) is 0 Å². The summed E-state index contributed by atoms with van der Waals surface area (Å²) in [5, 5.41) is 0. The van der Waals surface area contributed by atoms with E-state index in [0.717, 1.165) is 0 Å². The summed E-state index contributed by atoms with van der Waals surface area (Å²) in [6.45, 7) is 0. The summed E-state index contributed by atoms with van der Waals surface area (Å²) in [7, 11) is 0. The van der Waals surface area contributed by atoms with Gasteiger partial charge in [-0.1, -0.05) is 0 Å². The van der Waals surface area contributed by atoms with Gasteiger partial charge in [0.25, 0.3) is 0 Å². The van der Waals surface area contributed by atoms with Crippen LogP contribution in [0.25, 0.3) is 0 Å². The SMILES string of the molecule is [CH3][Ge]([CH3])[O][Ge]([CH3])[CH3]. The fourth-order valence-electron chi connectivity index (χ4n) is 0.408. The second-order valence-electron chi connectivity index (χ2n) is 1.92. The molecule has 0 bridgehead atoms. The normalized spacial score (nSPS) is 11.1. The summed E-state index contributed by atoms with van der Waals surface area (Å²) in [4.78, 5) is 0. The van der Waals surface area contributed by atoms with Crippen LogP contribution >= 0.6 is 0 Å². The van der Waals surface area contributed by atoms with Gasteiger partial charge < -0.3 is 0 Å². The van der Waals surface area contributed by atoms with E-state index in [0.29, 0.717) is 0 Å². The van der Waals surface area contributed by atoms with Crippen molar-refractivity contribution in [3.05, 3.63) is 0 Å². The second kappa shape index (κ2) is 3.98. The van der Waals surface area contributed by atoms with Crippen LogP contribution in [-0.2, 0) is 2.79 Å². The summed E-state index contributed by atoms with van der Waals surface area (Å²) in [5.74, 6) is 9.00. The summed E-state index contributed by atoms with van der Waals surface area (Å²) < 4.78 is 5.58. The molecular weight excluding hydrogens is 209 g/mol. The topological polar surface area (TPSA) is 9.23 Å². The quantitative estimate of drug-likeness (QED) is 0.642. The molecule has 1 nitrogen and oxygen atoms in total. The van der Waals surface area contributed by atoms with Crippen molar-refractivity contribution >= 4 is 29.4 Å². The van der Waals surface area contributed by atoms with E-state index in [4.69, 9.17) is 2.79 Å². The Bertz CT molecular complexity index is 39.0. The molecule has 0 aromatic rings. The van der Waals surface area contributed by atoms with Crippen molar-refractivity contribution < 1.29 is 2.79 Å². The van der Waals surface area contributed by atoms with E-state index in [1.165, 1.54) is 0 Å². The zero-order chi connectivity index (χ0) is 5.86. The maximum atomic E-state index is 5.58. The first-order valence-corrected chi connectivity index (χ1v) is 12.5. The van der Waals surface area contributed by atoms with Crippen LogP contribution in [0.4, 0.5) is 0 Å². The van der Waals surface area contributed by atoms with E-state index in [1.54, 1.807) is 0 Å². The molecule has 0 aromatic heterocycles. The standard InChI is InChI=1S/C4H12Ge2O/c1-5(2)7-6(3)4/h1-4H3. The Hall–Kier alpha value is 1.05. The molecule has 0 fully saturated rings. The molecular formula is C4H12Ge2O. The van der Waals surface area contributed by atoms with Gasteiger partial charge in [-0.2, -0.15) is 0 Å². The van der Waals surface area contributed by atoms with Gasteiger partial charge in [-0.3, -0.25) is 0 Å². The van der Waals surface area contributed by atoms with E-state index in [9.17, 15) is 0 Å². The zero-order valence-corrected chi connectivity index (χ0v) is 9.60. The Morgan fingerprint density at radius 1 is 0.857 bits per heavy atom. The molecule has 2 radical (unpaired) electrons. The fraction of sp³-hybridized carbons (Fsp3) is 1.00. The van der Waals surface area contributed by atoms with Crippen molar-refractivity contribution in [2.24, 2.45) is 0 Å². The molecule has 42 valence electrons. The van der Waals surface area contributed by atoms with Crippen molar-refractivity contribution in [2.45, 2.75) is 23.0 Å². The summed E-state index contributed by atoms with van der Waals surface area (Å²) in [6, 6.07) is 0. The molecule has 0 heterocycles. The molecule has 0 aliphatic carbocycles. The molecule has 0 saturated carbocycles. The molecule has 0 aliphatic heterocycles. The van der Waals surface area contributed by atoms with E-state index in [2.05, 4.69) is 23.0 Å². The van der Waals surface area contributed by atoms with Gasteiger partial charge in [0.1, 0.15) is 0 Å². The molecule has 0 atom stereocenters. The molecule has 3 heteroatoms. The Balaban J connectivity index is 2.95. The Morgan fingerprint density at radius 3 is 1.14 bits per heavy atom. The summed E-state index contributed by atoms with van der Waals surface area (Å²) in [6.07, 6.45) is 0. The first-order chi connectivity index (χ1) is 3.13. The molecule has 0 spiro atoms. The third-order valence-electron chi connectivity index (χ3n) is 0.408. The monoisotopic (exact) mass is 224 g/mol. The molecule has 7 heavy (non-hydrogen) atoms. The molecule has 0 rings (SSSR count). The van der Waals surface area contributed by atoms with Crippen molar-refractivity contribution in [1.29, 1.82) is 0 Å². The molecule has 0 amide bonds. The molecule has 0 unspecified atom stereocenters. The van der Waals surface area contributed by atoms with Gasteiger partial charge in [0.2, 0.25) is 0 Å². The maximum absolute atomic E-state index is 5.58. The molecule has 0 N–H and O–H groups in total. The van der Waals surface area contributed by atoms with Crippen molar-refractivity contribution in [2.75, 3.05) is 0 Å². The first kappa shape index (κ1) is 8.05. The van der Waals surface area contributed by atoms with Crippen LogP contribution in [0.15, 0.2) is 0 Å². The van der Waals surface area contributed by atoms with Crippen LogP contribution < -0.4 is 0 Å². The Morgan fingerprint density at radius 2 is 1.14 bits per heavy atom. The van der Waals surface area contributed by atoms with Crippen LogP contribution in [0.5, 0.6) is 0 Å². The van der Waals surface area contributed by atoms with Crippen LogP contribution in [0, 0.1) is 0 Å². The van der Waals surface area contributed by atoms with Crippen molar-refractivity contribution in [3.63, 3.8) is 0 Å². The molecule has 0 aromatic carbocycles. The number of hydrogen-bond acceptors (Lipinski definition) is 1. The average molecular weight is 221 g/mol.